The average molecular weight is 846 g/mol. The molecule has 0 aliphatic heterocycles. The van der Waals surface area contributed by atoms with Crippen LogP contribution in [0.25, 0.3) is 34.4 Å². The van der Waals surface area contributed by atoms with Gasteiger partial charge < -0.3 is 0 Å². The second-order valence-corrected chi connectivity index (χ2v) is 62.1. The van der Waals surface area contributed by atoms with E-state index < -0.39 is 22.6 Å². The van der Waals surface area contributed by atoms with Crippen LogP contribution < -0.4 is 0 Å². The zero-order valence-corrected chi connectivity index (χ0v) is 36.6. The molecule has 0 amide bonds. The summed E-state index contributed by atoms with van der Waals surface area (Å²) in [7, 11) is 0. The molecule has 2 heteroatoms. The van der Waals surface area contributed by atoms with Crippen molar-refractivity contribution >= 4 is 17.6 Å². The van der Waals surface area contributed by atoms with Crippen LogP contribution in [0.4, 0.5) is 0 Å². The Kier molecular flexibility index (Phi) is 12.2. The first-order valence-corrected chi connectivity index (χ1v) is 38.8. The van der Waals surface area contributed by atoms with Crippen molar-refractivity contribution in [3.05, 3.63) is 130 Å². The summed E-state index contributed by atoms with van der Waals surface area (Å²) in [5, 5.41) is 0. The van der Waals surface area contributed by atoms with Crippen molar-refractivity contribution in [2.24, 2.45) is 0 Å². The van der Waals surface area contributed by atoms with Crippen molar-refractivity contribution in [3.63, 3.8) is 0 Å². The monoisotopic (exact) mass is 846 g/mol. The number of rotatable bonds is 16. The van der Waals surface area contributed by atoms with Gasteiger partial charge in [-0.1, -0.05) is 0 Å². The van der Waals surface area contributed by atoms with Crippen LogP contribution in [0, 0.1) is 0 Å². The summed E-state index contributed by atoms with van der Waals surface area (Å²) in [5.41, 5.74) is 14.3. The van der Waals surface area contributed by atoms with E-state index in [0.29, 0.717) is 7.35 Å². The predicted octanol–water partition coefficient (Wildman–Crippen LogP) is 14.9. The predicted molar refractivity (Wildman–Crippen MR) is 221 cm³/mol. The molecular weight excluding hydrogens is 783 g/mol. The molecule has 0 aromatic heterocycles. The van der Waals surface area contributed by atoms with Gasteiger partial charge in [0.05, 0.1) is 0 Å². The fraction of sp³-hybridized carbons (Fsp3) is 0.417. The summed E-state index contributed by atoms with van der Waals surface area (Å²) in [6.45, 7) is 9.34. The molecule has 50 heavy (non-hydrogen) atoms. The Morgan fingerprint density at radius 2 is 0.900 bits per heavy atom. The standard InChI is InChI=1S/2C17H15.C12H26Si.2CH3.Hf/c2*1-2-13-7-3-4-10-15(13)17-12-6-9-14-8-5-11-16(14)17;1-3-5-7-9-11-13-12-10-8-6-4-2;;;/h2*3-12H,2H2,1H3;3-12H2,1-2H3;2*1H3;. The van der Waals surface area contributed by atoms with Gasteiger partial charge in [0.2, 0.25) is 0 Å². The van der Waals surface area contributed by atoms with Crippen LogP contribution in [0.5, 0.6) is 0 Å². The van der Waals surface area contributed by atoms with Gasteiger partial charge >= 0.3 is 308 Å². The fourth-order valence-corrected chi connectivity index (χ4v) is 63.4. The molecule has 4 aromatic carbocycles. The number of aryl methyl sites for hydroxylation is 2. The number of hydrogen-bond donors (Lipinski definition) is 0. The van der Waals surface area contributed by atoms with Crippen LogP contribution in [0.3, 0.4) is 0 Å². The second kappa shape index (κ2) is 16.4. The molecule has 0 heterocycles. The molecule has 262 valence electrons. The van der Waals surface area contributed by atoms with E-state index >= 15 is 0 Å². The van der Waals surface area contributed by atoms with E-state index in [-0.39, 0.29) is 0 Å². The second-order valence-electron chi connectivity index (χ2n) is 16.1. The Labute approximate surface area is 306 Å². The zero-order chi connectivity index (χ0) is 35.2. The minimum atomic E-state index is -4.00. The summed E-state index contributed by atoms with van der Waals surface area (Å²) in [4.78, 5) is 0. The summed E-state index contributed by atoms with van der Waals surface area (Å²) in [5.74, 6) is 0. The SMILES string of the molecule is CCCCCC[Si](CCCCCC)=[Hf]([CH3])([CH3])([CH]1C=Cc2c(-c3ccccc3CC)cccc21)[CH]1C=Cc2c(-c3ccccc3CC)cccc21. The van der Waals surface area contributed by atoms with Crippen LogP contribution in [-0.2, 0) is 30.0 Å². The van der Waals surface area contributed by atoms with Gasteiger partial charge in [0.15, 0.2) is 0 Å². The summed E-state index contributed by atoms with van der Waals surface area (Å²) in [6.07, 6.45) is 23.8. The van der Waals surface area contributed by atoms with Crippen LogP contribution in [0.15, 0.2) is 97.1 Å². The molecule has 2 unspecified atom stereocenters. The van der Waals surface area contributed by atoms with Gasteiger partial charge in [-0.05, 0) is 0 Å². The van der Waals surface area contributed by atoms with Crippen LogP contribution in [0.1, 0.15) is 120 Å². The van der Waals surface area contributed by atoms with Crippen LogP contribution in [-0.4, -0.2) is 5.49 Å². The summed E-state index contributed by atoms with van der Waals surface area (Å²) < 4.78 is 7.13. The Bertz CT molecular complexity index is 1800. The van der Waals surface area contributed by atoms with Gasteiger partial charge in [-0.2, -0.15) is 0 Å². The maximum absolute atomic E-state index is 4.00. The number of allylic oxidation sites excluding steroid dienone is 2. The minimum absolute atomic E-state index is 0.578. The third-order valence-corrected chi connectivity index (χ3v) is 69.0. The molecule has 0 N–H and O–H groups in total. The normalized spacial score (nSPS) is 16.5. The summed E-state index contributed by atoms with van der Waals surface area (Å²) >= 11 is -4.00. The summed E-state index contributed by atoms with van der Waals surface area (Å²) in [6, 6.07) is 36.0. The van der Waals surface area contributed by atoms with Crippen molar-refractivity contribution in [3.8, 4) is 22.3 Å². The van der Waals surface area contributed by atoms with E-state index in [0.717, 1.165) is 12.8 Å². The molecule has 0 bridgehead atoms. The van der Waals surface area contributed by atoms with Gasteiger partial charge in [-0.3, -0.25) is 0 Å². The van der Waals surface area contributed by atoms with Crippen molar-refractivity contribution < 1.29 is 17.1 Å². The zero-order valence-electron chi connectivity index (χ0n) is 32.0. The molecule has 2 aliphatic carbocycles. The Balaban J connectivity index is 1.57. The fourth-order valence-electron chi connectivity index (χ4n) is 9.95. The molecule has 0 spiro atoms. The molecule has 6 rings (SSSR count). The van der Waals surface area contributed by atoms with Crippen LogP contribution >= 0.6 is 0 Å². The first-order valence-electron chi connectivity index (χ1n) is 20.2. The third-order valence-electron chi connectivity index (χ3n) is 12.9. The molecule has 0 nitrogen and oxygen atoms in total. The number of hydrogen-bond acceptors (Lipinski definition) is 0. The number of fused-ring (bicyclic) bond motifs is 2. The third kappa shape index (κ3) is 6.98. The van der Waals surface area contributed by atoms with Crippen molar-refractivity contribution in [2.75, 3.05) is 0 Å². The van der Waals surface area contributed by atoms with Gasteiger partial charge in [0, 0.05) is 0 Å². The van der Waals surface area contributed by atoms with Gasteiger partial charge in [0.25, 0.3) is 0 Å². The molecule has 0 fully saturated rings. The van der Waals surface area contributed by atoms with Crippen molar-refractivity contribution in [1.82, 2.24) is 0 Å². The van der Waals surface area contributed by atoms with Gasteiger partial charge in [0.1, 0.15) is 0 Å². The Morgan fingerprint density at radius 3 is 1.32 bits per heavy atom. The van der Waals surface area contributed by atoms with E-state index in [1.165, 1.54) is 108 Å². The average Bonchev–Trinajstić information content (AvgIpc) is 3.81. The maximum atomic E-state index is 2.98. The van der Waals surface area contributed by atoms with E-state index in [9.17, 15) is 0 Å². The van der Waals surface area contributed by atoms with Crippen molar-refractivity contribution in [2.45, 2.75) is 121 Å². The molecular formula is C48H62HfSi. The molecule has 0 radical (unpaired) electrons. The van der Waals surface area contributed by atoms with E-state index in [1.807, 2.05) is 0 Å². The van der Waals surface area contributed by atoms with Crippen molar-refractivity contribution in [1.29, 1.82) is 0 Å². The van der Waals surface area contributed by atoms with E-state index in [4.69, 9.17) is 0 Å². The first-order chi connectivity index (χ1) is 24.4. The van der Waals surface area contributed by atoms with Gasteiger partial charge in [-0.15, -0.1) is 0 Å². The first kappa shape index (κ1) is 37.2. The number of benzene rings is 4. The van der Waals surface area contributed by atoms with E-state index in [1.54, 1.807) is 11.1 Å². The number of unbranched alkanes of at least 4 members (excludes halogenated alkanes) is 6. The molecule has 4 aromatic rings. The molecule has 2 aliphatic rings. The quantitative estimate of drug-likeness (QED) is 0.0779. The molecule has 0 saturated heterocycles. The Hall–Kier alpha value is -2.55. The molecule has 0 saturated carbocycles. The molecule has 2 atom stereocenters. The van der Waals surface area contributed by atoms with Gasteiger partial charge in [-0.25, -0.2) is 0 Å². The Morgan fingerprint density at radius 1 is 0.480 bits per heavy atom. The van der Waals surface area contributed by atoms with E-state index in [2.05, 4.69) is 146 Å². The van der Waals surface area contributed by atoms with Crippen LogP contribution in [0.2, 0.25) is 21.4 Å². The topological polar surface area (TPSA) is 0 Å².